The van der Waals surface area contributed by atoms with Gasteiger partial charge >= 0.3 is 6.18 Å². The van der Waals surface area contributed by atoms with Crippen LogP contribution in [0.25, 0.3) is 0 Å². The van der Waals surface area contributed by atoms with Gasteiger partial charge in [-0.15, -0.1) is 0 Å². The van der Waals surface area contributed by atoms with Gasteiger partial charge in [0.15, 0.2) is 0 Å². The van der Waals surface area contributed by atoms with Gasteiger partial charge in [-0.3, -0.25) is 4.79 Å². The van der Waals surface area contributed by atoms with Crippen molar-refractivity contribution in [3.63, 3.8) is 0 Å². The lowest BCUT2D eigenvalue weighted by Crippen LogP contribution is -2.61. The van der Waals surface area contributed by atoms with Crippen LogP contribution >= 0.6 is 11.6 Å². The van der Waals surface area contributed by atoms with Crippen LogP contribution in [0.15, 0.2) is 29.4 Å². The Morgan fingerprint density at radius 2 is 2.04 bits per heavy atom. The minimum absolute atomic E-state index is 0.0112. The fourth-order valence-corrected chi connectivity index (χ4v) is 3.38. The van der Waals surface area contributed by atoms with E-state index >= 15 is 0 Å². The molecule has 0 bridgehead atoms. The van der Waals surface area contributed by atoms with Gasteiger partial charge in [-0.05, 0) is 31.4 Å². The zero-order chi connectivity index (χ0) is 16.8. The van der Waals surface area contributed by atoms with Crippen molar-refractivity contribution in [3.05, 3.63) is 34.9 Å². The van der Waals surface area contributed by atoms with E-state index in [4.69, 9.17) is 11.6 Å². The second-order valence-corrected chi connectivity index (χ2v) is 6.12. The standard InChI is InChI=1S/C15H14ClF3N2O2/c16-11-7-3-1-5-9(11)13(22)21-14(23,15(17,18)19)10-6-2-4-8-12(10)20-21/h1,3,5,7,10,23H,2,4,6,8H2. The molecular weight excluding hydrogens is 333 g/mol. The molecule has 1 amide bonds. The van der Waals surface area contributed by atoms with E-state index in [1.807, 2.05) is 0 Å². The van der Waals surface area contributed by atoms with Gasteiger partial charge in [-0.2, -0.15) is 23.3 Å². The van der Waals surface area contributed by atoms with E-state index in [-0.39, 0.29) is 27.7 Å². The molecule has 0 saturated heterocycles. The molecule has 0 aromatic heterocycles. The van der Waals surface area contributed by atoms with E-state index in [0.29, 0.717) is 19.3 Å². The van der Waals surface area contributed by atoms with E-state index in [1.54, 1.807) is 6.07 Å². The van der Waals surface area contributed by atoms with Gasteiger partial charge in [-0.1, -0.05) is 30.2 Å². The van der Waals surface area contributed by atoms with Crippen LogP contribution in [0.4, 0.5) is 13.2 Å². The van der Waals surface area contributed by atoms with Crippen molar-refractivity contribution < 1.29 is 23.1 Å². The van der Waals surface area contributed by atoms with Crippen LogP contribution in [0.3, 0.4) is 0 Å². The smallest absolute Gasteiger partial charge is 0.362 e. The van der Waals surface area contributed by atoms with Gasteiger partial charge in [0, 0.05) is 5.71 Å². The molecule has 1 heterocycles. The Balaban J connectivity index is 2.07. The van der Waals surface area contributed by atoms with Gasteiger partial charge in [0.2, 0.25) is 0 Å². The lowest BCUT2D eigenvalue weighted by atomic mass is 9.80. The molecule has 1 aliphatic carbocycles. The lowest BCUT2D eigenvalue weighted by Gasteiger charge is -2.38. The molecule has 1 aromatic rings. The van der Waals surface area contributed by atoms with Crippen LogP contribution in [0.5, 0.6) is 0 Å². The van der Waals surface area contributed by atoms with Crippen LogP contribution in [-0.2, 0) is 0 Å². The highest BCUT2D eigenvalue weighted by molar-refractivity contribution is 6.33. The summed E-state index contributed by atoms with van der Waals surface area (Å²) in [4.78, 5) is 12.5. The van der Waals surface area contributed by atoms with Crippen molar-refractivity contribution in [1.82, 2.24) is 5.01 Å². The van der Waals surface area contributed by atoms with Gasteiger partial charge < -0.3 is 5.11 Å². The second-order valence-electron chi connectivity index (χ2n) is 5.71. The molecule has 23 heavy (non-hydrogen) atoms. The number of alkyl halides is 3. The summed E-state index contributed by atoms with van der Waals surface area (Å²) in [6.45, 7) is 0. The van der Waals surface area contributed by atoms with Crippen LogP contribution in [-0.4, -0.2) is 33.6 Å². The van der Waals surface area contributed by atoms with Gasteiger partial charge in [0.25, 0.3) is 11.6 Å². The average Bonchev–Trinajstić information content (AvgIpc) is 2.82. The van der Waals surface area contributed by atoms with Gasteiger partial charge in [0.05, 0.1) is 16.5 Å². The van der Waals surface area contributed by atoms with Gasteiger partial charge in [-0.25, -0.2) is 0 Å². The first-order chi connectivity index (χ1) is 10.8. The Morgan fingerprint density at radius 3 is 2.70 bits per heavy atom. The first-order valence-electron chi connectivity index (χ1n) is 7.22. The Morgan fingerprint density at radius 1 is 1.35 bits per heavy atom. The molecular formula is C15H14ClF3N2O2. The average molecular weight is 347 g/mol. The maximum Gasteiger partial charge on any atom is 0.439 e. The first kappa shape index (κ1) is 16.3. The third-order valence-corrected chi connectivity index (χ3v) is 4.66. The highest BCUT2D eigenvalue weighted by atomic mass is 35.5. The minimum Gasteiger partial charge on any atom is -0.362 e. The quantitative estimate of drug-likeness (QED) is 0.844. The highest BCUT2D eigenvalue weighted by Gasteiger charge is 2.68. The van der Waals surface area contributed by atoms with E-state index in [0.717, 1.165) is 0 Å². The lowest BCUT2D eigenvalue weighted by molar-refractivity contribution is -0.312. The fourth-order valence-electron chi connectivity index (χ4n) is 3.17. The van der Waals surface area contributed by atoms with E-state index in [9.17, 15) is 23.1 Å². The first-order valence-corrected chi connectivity index (χ1v) is 7.60. The molecule has 2 atom stereocenters. The van der Waals surface area contributed by atoms with Crippen molar-refractivity contribution >= 4 is 23.2 Å². The summed E-state index contributed by atoms with van der Waals surface area (Å²) in [5.41, 5.74) is -3.23. The van der Waals surface area contributed by atoms with Crippen LogP contribution in [0, 0.1) is 5.92 Å². The predicted molar refractivity (Wildman–Crippen MR) is 78.0 cm³/mol. The number of hydrazone groups is 1. The van der Waals surface area contributed by atoms with Crippen LogP contribution in [0.2, 0.25) is 5.02 Å². The topological polar surface area (TPSA) is 52.9 Å². The summed E-state index contributed by atoms with van der Waals surface area (Å²) in [5, 5.41) is 14.4. The molecule has 0 spiro atoms. The summed E-state index contributed by atoms with van der Waals surface area (Å²) in [6, 6.07) is 5.76. The van der Waals surface area contributed by atoms with Crippen molar-refractivity contribution in [3.8, 4) is 0 Å². The Kier molecular flexibility index (Phi) is 3.88. The van der Waals surface area contributed by atoms with Gasteiger partial charge in [0.1, 0.15) is 0 Å². The SMILES string of the molecule is O=C(c1ccccc1Cl)N1N=C2CCCCC2C1(O)C(F)(F)F. The maximum atomic E-state index is 13.6. The highest BCUT2D eigenvalue weighted by Crippen LogP contribution is 2.48. The molecule has 8 heteroatoms. The molecule has 1 aromatic carbocycles. The molecule has 1 aliphatic heterocycles. The number of rotatable bonds is 1. The molecule has 0 radical (unpaired) electrons. The zero-order valence-corrected chi connectivity index (χ0v) is 12.7. The summed E-state index contributed by atoms with van der Waals surface area (Å²) in [7, 11) is 0. The number of benzene rings is 1. The Bertz CT molecular complexity index is 677. The Hall–Kier alpha value is -1.60. The molecule has 2 aliphatic rings. The molecule has 3 rings (SSSR count). The minimum atomic E-state index is -5.02. The summed E-state index contributed by atoms with van der Waals surface area (Å²) in [5.74, 6) is -2.28. The predicted octanol–water partition coefficient (Wildman–Crippen LogP) is 3.59. The number of hydrogen-bond donors (Lipinski definition) is 1. The number of halogens is 4. The Labute approximate surface area is 135 Å². The van der Waals surface area contributed by atoms with E-state index < -0.39 is 23.7 Å². The fraction of sp³-hybridized carbons (Fsp3) is 0.467. The molecule has 1 fully saturated rings. The summed E-state index contributed by atoms with van der Waals surface area (Å²) < 4.78 is 40.8. The molecule has 1 saturated carbocycles. The number of hydrogen-bond acceptors (Lipinski definition) is 3. The third kappa shape index (κ3) is 2.42. The molecule has 124 valence electrons. The second kappa shape index (κ2) is 5.49. The number of nitrogens with zero attached hydrogens (tertiary/aromatic N) is 2. The maximum absolute atomic E-state index is 13.6. The van der Waals surface area contributed by atoms with Crippen molar-refractivity contribution in [2.24, 2.45) is 11.0 Å². The number of carbonyl (C=O) groups excluding carboxylic acids is 1. The zero-order valence-electron chi connectivity index (χ0n) is 12.0. The van der Waals surface area contributed by atoms with Crippen molar-refractivity contribution in [1.29, 1.82) is 0 Å². The number of fused-ring (bicyclic) bond motifs is 1. The van der Waals surface area contributed by atoms with Crippen molar-refractivity contribution in [2.75, 3.05) is 0 Å². The van der Waals surface area contributed by atoms with E-state index in [2.05, 4.69) is 5.10 Å². The molecule has 2 unspecified atom stereocenters. The number of aliphatic hydroxyl groups is 1. The van der Waals surface area contributed by atoms with E-state index in [1.165, 1.54) is 18.2 Å². The van der Waals surface area contributed by atoms with Crippen LogP contribution in [0.1, 0.15) is 36.0 Å². The third-order valence-electron chi connectivity index (χ3n) is 4.33. The largest absolute Gasteiger partial charge is 0.439 e. The molecule has 1 N–H and O–H groups in total. The summed E-state index contributed by atoms with van der Waals surface area (Å²) >= 11 is 5.90. The monoisotopic (exact) mass is 346 g/mol. The van der Waals surface area contributed by atoms with Crippen molar-refractivity contribution in [2.45, 2.75) is 37.6 Å². The van der Waals surface area contributed by atoms with Crippen LogP contribution < -0.4 is 0 Å². The normalized spacial score (nSPS) is 27.6. The number of amides is 1. The molecule has 4 nitrogen and oxygen atoms in total. The summed E-state index contributed by atoms with van der Waals surface area (Å²) in [6.07, 6.45) is -3.29. The number of carbonyl (C=O) groups is 1.